The number of hydrogen-bond donors (Lipinski definition) is 1. The van der Waals surface area contributed by atoms with Gasteiger partial charge in [0.05, 0.1) is 5.69 Å². The summed E-state index contributed by atoms with van der Waals surface area (Å²) in [5.41, 5.74) is 2.20. The fourth-order valence-electron chi connectivity index (χ4n) is 2.73. The fraction of sp³-hybridized carbons (Fsp3) is 0.267. The first-order valence-electron chi connectivity index (χ1n) is 6.57. The number of fused-ring (bicyclic) bond motifs is 1. The smallest absolute Gasteiger partial charge is 0.312 e. The summed E-state index contributed by atoms with van der Waals surface area (Å²) in [6.07, 6.45) is 0. The number of carboxylic acid groups (broad SMARTS) is 1. The number of carbonyl (C=O) groups excluding carboxylic acids is 1. The quantitative estimate of drug-likeness (QED) is 0.914. The van der Waals surface area contributed by atoms with Crippen molar-refractivity contribution >= 4 is 17.6 Å². The van der Waals surface area contributed by atoms with Crippen LogP contribution < -0.4 is 4.90 Å². The number of rotatable bonds is 2. The highest BCUT2D eigenvalue weighted by Gasteiger charge is 2.38. The van der Waals surface area contributed by atoms with E-state index in [9.17, 15) is 14.7 Å². The Balaban J connectivity index is 2.05. The molecule has 0 bridgehead atoms. The SMILES string of the molecule is Cc1noc(C)c1C(=O)N1CC(C(=O)O)c2ccccc21. The van der Waals surface area contributed by atoms with Crippen LogP contribution in [0.5, 0.6) is 0 Å². The van der Waals surface area contributed by atoms with Crippen molar-refractivity contribution in [3.63, 3.8) is 0 Å². The predicted octanol–water partition coefficient (Wildman–Crippen LogP) is 2.12. The zero-order chi connectivity index (χ0) is 15.1. The molecule has 1 aromatic carbocycles. The van der Waals surface area contributed by atoms with Crippen LogP contribution in [-0.2, 0) is 4.79 Å². The van der Waals surface area contributed by atoms with Crippen molar-refractivity contribution < 1.29 is 19.2 Å². The van der Waals surface area contributed by atoms with Crippen molar-refractivity contribution in [2.45, 2.75) is 19.8 Å². The molecule has 0 radical (unpaired) electrons. The molecule has 1 atom stereocenters. The second-order valence-corrected chi connectivity index (χ2v) is 5.06. The van der Waals surface area contributed by atoms with Gasteiger partial charge in [0.1, 0.15) is 17.2 Å². The number of hydrogen-bond acceptors (Lipinski definition) is 4. The minimum Gasteiger partial charge on any atom is -0.481 e. The van der Waals surface area contributed by atoms with E-state index in [1.54, 1.807) is 38.1 Å². The molecule has 1 aliphatic rings. The van der Waals surface area contributed by atoms with Crippen molar-refractivity contribution in [1.29, 1.82) is 0 Å². The molecule has 0 saturated heterocycles. The van der Waals surface area contributed by atoms with Gasteiger partial charge in [-0.05, 0) is 25.5 Å². The minimum absolute atomic E-state index is 0.123. The molecule has 0 aliphatic carbocycles. The van der Waals surface area contributed by atoms with Crippen molar-refractivity contribution in [3.8, 4) is 0 Å². The van der Waals surface area contributed by atoms with Gasteiger partial charge in [0.15, 0.2) is 0 Å². The maximum atomic E-state index is 12.7. The first kappa shape index (κ1) is 13.4. The number of carboxylic acids is 1. The van der Waals surface area contributed by atoms with Crippen LogP contribution in [0.2, 0.25) is 0 Å². The fourth-order valence-corrected chi connectivity index (χ4v) is 2.73. The topological polar surface area (TPSA) is 83.6 Å². The zero-order valence-electron chi connectivity index (χ0n) is 11.7. The number of aryl methyl sites for hydroxylation is 2. The highest BCUT2D eigenvalue weighted by Crippen LogP contribution is 2.37. The summed E-state index contributed by atoms with van der Waals surface area (Å²) in [4.78, 5) is 25.6. The maximum Gasteiger partial charge on any atom is 0.312 e. The van der Waals surface area contributed by atoms with E-state index in [0.29, 0.717) is 28.3 Å². The Morgan fingerprint density at radius 3 is 2.67 bits per heavy atom. The van der Waals surface area contributed by atoms with Crippen LogP contribution in [0.15, 0.2) is 28.8 Å². The summed E-state index contributed by atoms with van der Waals surface area (Å²) in [5, 5.41) is 13.1. The Morgan fingerprint density at radius 1 is 1.33 bits per heavy atom. The van der Waals surface area contributed by atoms with E-state index in [2.05, 4.69) is 5.16 Å². The normalized spacial score (nSPS) is 16.9. The van der Waals surface area contributed by atoms with E-state index in [0.717, 1.165) is 0 Å². The van der Waals surface area contributed by atoms with E-state index in [1.807, 2.05) is 0 Å². The van der Waals surface area contributed by atoms with Gasteiger partial charge in [-0.15, -0.1) is 0 Å². The lowest BCUT2D eigenvalue weighted by atomic mass is 10.0. The van der Waals surface area contributed by atoms with Crippen LogP contribution in [0.3, 0.4) is 0 Å². The van der Waals surface area contributed by atoms with Crippen LogP contribution >= 0.6 is 0 Å². The van der Waals surface area contributed by atoms with E-state index in [-0.39, 0.29) is 12.5 Å². The predicted molar refractivity (Wildman–Crippen MR) is 74.5 cm³/mol. The summed E-state index contributed by atoms with van der Waals surface area (Å²) in [6, 6.07) is 7.07. The van der Waals surface area contributed by atoms with Crippen molar-refractivity contribution in [1.82, 2.24) is 5.16 Å². The third-order valence-corrected chi connectivity index (χ3v) is 3.76. The van der Waals surface area contributed by atoms with Gasteiger partial charge in [-0.1, -0.05) is 23.4 Å². The molecule has 2 aromatic rings. The van der Waals surface area contributed by atoms with Gasteiger partial charge in [0.25, 0.3) is 5.91 Å². The van der Waals surface area contributed by atoms with Gasteiger partial charge in [-0.2, -0.15) is 0 Å². The van der Waals surface area contributed by atoms with Gasteiger partial charge in [-0.3, -0.25) is 9.59 Å². The van der Waals surface area contributed by atoms with E-state index in [1.165, 1.54) is 4.90 Å². The Bertz CT molecular complexity index is 716. The molecule has 0 fully saturated rings. The third-order valence-electron chi connectivity index (χ3n) is 3.76. The molecule has 6 heteroatoms. The molecule has 6 nitrogen and oxygen atoms in total. The number of amides is 1. The number of benzene rings is 1. The standard InChI is InChI=1S/C15H14N2O4/c1-8-13(9(2)21-16-8)14(18)17-7-11(15(19)20)10-5-3-4-6-12(10)17/h3-6,11H,7H2,1-2H3,(H,19,20). The van der Waals surface area contributed by atoms with Gasteiger partial charge in [0.2, 0.25) is 0 Å². The summed E-state index contributed by atoms with van der Waals surface area (Å²) in [6.45, 7) is 3.49. The Morgan fingerprint density at radius 2 is 2.05 bits per heavy atom. The molecule has 108 valence electrons. The van der Waals surface area contributed by atoms with Crippen LogP contribution in [0.4, 0.5) is 5.69 Å². The van der Waals surface area contributed by atoms with Crippen LogP contribution in [-0.4, -0.2) is 28.7 Å². The van der Waals surface area contributed by atoms with Gasteiger partial charge in [-0.25, -0.2) is 0 Å². The molecule has 1 aliphatic heterocycles. The second kappa shape index (κ2) is 4.73. The second-order valence-electron chi connectivity index (χ2n) is 5.06. The van der Waals surface area contributed by atoms with Crippen molar-refractivity contribution in [3.05, 3.63) is 46.8 Å². The van der Waals surface area contributed by atoms with Gasteiger partial charge >= 0.3 is 5.97 Å². The largest absolute Gasteiger partial charge is 0.481 e. The van der Waals surface area contributed by atoms with E-state index < -0.39 is 11.9 Å². The highest BCUT2D eigenvalue weighted by molar-refractivity contribution is 6.09. The Labute approximate surface area is 121 Å². The molecule has 3 rings (SSSR count). The molecule has 0 saturated carbocycles. The monoisotopic (exact) mass is 286 g/mol. The molecular weight excluding hydrogens is 272 g/mol. The van der Waals surface area contributed by atoms with Crippen molar-refractivity contribution in [2.24, 2.45) is 0 Å². The summed E-state index contributed by atoms with van der Waals surface area (Å²) in [7, 11) is 0. The Hall–Kier alpha value is -2.63. The lowest BCUT2D eigenvalue weighted by Gasteiger charge is -2.17. The highest BCUT2D eigenvalue weighted by atomic mass is 16.5. The molecule has 1 amide bonds. The molecule has 2 heterocycles. The summed E-state index contributed by atoms with van der Waals surface area (Å²) >= 11 is 0. The molecule has 1 aromatic heterocycles. The minimum atomic E-state index is -0.934. The van der Waals surface area contributed by atoms with E-state index in [4.69, 9.17) is 4.52 Å². The molecule has 1 unspecified atom stereocenters. The lowest BCUT2D eigenvalue weighted by molar-refractivity contribution is -0.138. The molecule has 21 heavy (non-hydrogen) atoms. The number of anilines is 1. The number of para-hydroxylation sites is 1. The number of carbonyl (C=O) groups is 2. The first-order chi connectivity index (χ1) is 10.0. The zero-order valence-corrected chi connectivity index (χ0v) is 11.7. The third kappa shape index (κ3) is 1.99. The maximum absolute atomic E-state index is 12.7. The number of nitrogens with zero attached hydrogens (tertiary/aromatic N) is 2. The average molecular weight is 286 g/mol. The van der Waals surface area contributed by atoms with Crippen LogP contribution in [0.1, 0.15) is 33.3 Å². The molecular formula is C15H14N2O4. The van der Waals surface area contributed by atoms with Crippen LogP contribution in [0.25, 0.3) is 0 Å². The number of aliphatic carboxylic acids is 1. The number of aromatic nitrogens is 1. The van der Waals surface area contributed by atoms with Crippen molar-refractivity contribution in [2.75, 3.05) is 11.4 Å². The lowest BCUT2D eigenvalue weighted by Crippen LogP contribution is -2.31. The van der Waals surface area contributed by atoms with Gasteiger partial charge in [0, 0.05) is 12.2 Å². The molecule has 1 N–H and O–H groups in total. The average Bonchev–Trinajstić information content (AvgIpc) is 2.99. The Kier molecular flexibility index (Phi) is 3.01. The van der Waals surface area contributed by atoms with Gasteiger partial charge < -0.3 is 14.5 Å². The summed E-state index contributed by atoms with van der Waals surface area (Å²) in [5.74, 6) is -1.47. The molecule has 0 spiro atoms. The first-order valence-corrected chi connectivity index (χ1v) is 6.57. The van der Waals surface area contributed by atoms with Crippen LogP contribution in [0, 0.1) is 13.8 Å². The van der Waals surface area contributed by atoms with E-state index >= 15 is 0 Å². The summed E-state index contributed by atoms with van der Waals surface area (Å²) < 4.78 is 5.02.